The van der Waals surface area contributed by atoms with Gasteiger partial charge in [0.1, 0.15) is 34.4 Å². The molecule has 14 heteroatoms. The van der Waals surface area contributed by atoms with Crippen molar-refractivity contribution in [3.8, 4) is 34.0 Å². The zero-order chi connectivity index (χ0) is 41.1. The van der Waals surface area contributed by atoms with Crippen LogP contribution >= 0.6 is 0 Å². The normalized spacial score (nSPS) is 17.2. The van der Waals surface area contributed by atoms with Gasteiger partial charge in [-0.2, -0.15) is 26.3 Å². The number of aromatic hydroxyl groups is 1. The van der Waals surface area contributed by atoms with E-state index in [0.717, 1.165) is 29.0 Å². The van der Waals surface area contributed by atoms with E-state index < -0.39 is 23.9 Å². The minimum absolute atomic E-state index is 0.0634. The van der Waals surface area contributed by atoms with Crippen LogP contribution in [0.2, 0.25) is 0 Å². The molecule has 298 valence electrons. The van der Waals surface area contributed by atoms with Crippen molar-refractivity contribution in [1.82, 2.24) is 10.3 Å². The lowest BCUT2D eigenvalue weighted by molar-refractivity contribution is -0.156. The molecule has 4 heterocycles. The molecule has 0 radical (unpaired) electrons. The fraction of sp³-hybridized carbons (Fsp3) is 0.463. The van der Waals surface area contributed by atoms with Crippen LogP contribution < -0.4 is 4.74 Å². The molecule has 4 aromatic rings. The molecule has 1 N–H and O–H groups in total. The van der Waals surface area contributed by atoms with Crippen molar-refractivity contribution in [2.75, 3.05) is 20.3 Å². The number of ether oxygens (including phenoxy) is 3. The first-order valence-corrected chi connectivity index (χ1v) is 17.5. The second-order valence-electron chi connectivity index (χ2n) is 17.0. The van der Waals surface area contributed by atoms with Crippen LogP contribution in [0, 0.1) is 21.7 Å². The minimum atomic E-state index is -4.63. The zero-order valence-corrected chi connectivity index (χ0v) is 32.7. The smallest absolute Gasteiger partial charge is 0.452 e. The number of alkyl halides is 6. The number of benzene rings is 2. The number of phenols is 1. The third-order valence-corrected chi connectivity index (χ3v) is 9.32. The van der Waals surface area contributed by atoms with Gasteiger partial charge in [0.25, 0.3) is 0 Å². The fourth-order valence-electron chi connectivity index (χ4n) is 7.58. The van der Waals surface area contributed by atoms with Crippen molar-refractivity contribution < 1.29 is 54.7 Å². The van der Waals surface area contributed by atoms with E-state index in [0.29, 0.717) is 35.8 Å². The van der Waals surface area contributed by atoms with Crippen LogP contribution in [0.25, 0.3) is 34.0 Å². The number of hydrogen-bond donors (Lipinski definition) is 1. The molecule has 0 atom stereocenters. The second kappa shape index (κ2) is 14.0. The van der Waals surface area contributed by atoms with Crippen LogP contribution in [0.5, 0.6) is 11.5 Å². The number of phenolic OH excluding ortho intramolecular Hbond substituents is 1. The first-order chi connectivity index (χ1) is 25.1. The molecule has 0 saturated heterocycles. The number of rotatable bonds is 5. The first-order valence-electron chi connectivity index (χ1n) is 17.5. The number of halogens is 6. The highest BCUT2D eigenvalue weighted by Gasteiger charge is 2.43. The molecule has 0 bridgehead atoms. The summed E-state index contributed by atoms with van der Waals surface area (Å²) >= 11 is 0. The van der Waals surface area contributed by atoms with E-state index in [2.05, 4.69) is 88.6 Å². The Kier molecular flexibility index (Phi) is 10.5. The molecule has 0 spiro atoms. The third kappa shape index (κ3) is 8.52. The second-order valence-corrected chi connectivity index (χ2v) is 17.0. The lowest BCUT2D eigenvalue weighted by atomic mass is 9.71. The van der Waals surface area contributed by atoms with Gasteiger partial charge >= 0.3 is 12.4 Å². The van der Waals surface area contributed by atoms with Crippen LogP contribution in [0.1, 0.15) is 91.9 Å². The van der Waals surface area contributed by atoms with Crippen molar-refractivity contribution in [2.24, 2.45) is 21.7 Å². The van der Waals surface area contributed by atoms with E-state index in [1.54, 1.807) is 18.2 Å². The lowest BCUT2D eigenvalue weighted by Crippen LogP contribution is -2.24. The van der Waals surface area contributed by atoms with Gasteiger partial charge in [0, 0.05) is 45.2 Å². The van der Waals surface area contributed by atoms with E-state index in [1.807, 2.05) is 6.07 Å². The summed E-state index contributed by atoms with van der Waals surface area (Å²) in [5.41, 5.74) is 3.85. The maximum Gasteiger partial charge on any atom is 0.452 e. The van der Waals surface area contributed by atoms with Crippen LogP contribution in [0.15, 0.2) is 68.7 Å². The topological polar surface area (TPSA) is 100.0 Å². The van der Waals surface area contributed by atoms with Gasteiger partial charge in [0.15, 0.2) is 0 Å². The molecule has 0 unspecified atom stereocenters. The summed E-state index contributed by atoms with van der Waals surface area (Å²) in [6.45, 7) is 22.3. The Bertz CT molecular complexity index is 2120. The standard InChI is InChI=1S/C21H24F3NO3.C20H22F3NO3/c1-19(2,3)18-17(27-11-20(18,4)5)12-7-8-13(15(9-12)26-6)14-10-16(28-25-14)21(22,23)24;1-18(2,3)17-16(26-10-19(17,4)5)11-6-7-12(14(25)8-11)13-9-15(27-24-13)20(21,22)23/h7-10H,11H2,1-6H3;6-9,25H,10H2,1-5H3. The molecule has 0 fully saturated rings. The van der Waals surface area contributed by atoms with Crippen molar-refractivity contribution in [2.45, 2.75) is 81.6 Å². The first kappa shape index (κ1) is 41.3. The molecule has 2 aromatic carbocycles. The van der Waals surface area contributed by atoms with Crippen LogP contribution in [0.4, 0.5) is 26.3 Å². The van der Waals surface area contributed by atoms with E-state index in [-0.39, 0.29) is 44.4 Å². The zero-order valence-electron chi connectivity index (χ0n) is 32.7. The number of hydrogen-bond acceptors (Lipinski definition) is 8. The minimum Gasteiger partial charge on any atom is -0.507 e. The number of nitrogens with zero attached hydrogens (tertiary/aromatic N) is 2. The molecule has 55 heavy (non-hydrogen) atoms. The van der Waals surface area contributed by atoms with Crippen LogP contribution in [0.3, 0.4) is 0 Å². The molecule has 6 rings (SSSR count). The summed E-state index contributed by atoms with van der Waals surface area (Å²) in [4.78, 5) is 0. The van der Waals surface area contributed by atoms with Crippen molar-refractivity contribution >= 4 is 11.5 Å². The lowest BCUT2D eigenvalue weighted by Gasteiger charge is -2.31. The molecular formula is C41H46F6N2O6. The van der Waals surface area contributed by atoms with Gasteiger partial charge in [-0.3, -0.25) is 0 Å². The Morgan fingerprint density at radius 1 is 0.618 bits per heavy atom. The average molecular weight is 777 g/mol. The molecule has 0 aliphatic carbocycles. The molecule has 8 nitrogen and oxygen atoms in total. The predicted octanol–water partition coefficient (Wildman–Crippen LogP) is 12.1. The number of methoxy groups -OCH3 is 1. The average Bonchev–Trinajstić information content (AvgIpc) is 3.84. The Labute approximate surface area is 316 Å². The van der Waals surface area contributed by atoms with E-state index in [4.69, 9.17) is 14.2 Å². The van der Waals surface area contributed by atoms with Gasteiger partial charge < -0.3 is 28.4 Å². The SMILES string of the molecule is CC(C)(C)C1=C(c2ccc(-c3cc(C(F)(F)F)on3)c(O)c2)OCC1(C)C.COc1cc(C2=C(C(C)(C)C)C(C)(C)CO2)ccc1-c1cc(C(F)(F)F)on1. The van der Waals surface area contributed by atoms with Gasteiger partial charge in [-0.05, 0) is 46.2 Å². The van der Waals surface area contributed by atoms with E-state index >= 15 is 0 Å². The molecule has 2 aliphatic rings. The molecule has 0 amide bonds. The van der Waals surface area contributed by atoms with E-state index in [9.17, 15) is 31.4 Å². The van der Waals surface area contributed by atoms with Crippen LogP contribution in [-0.4, -0.2) is 35.7 Å². The monoisotopic (exact) mass is 776 g/mol. The largest absolute Gasteiger partial charge is 0.507 e. The van der Waals surface area contributed by atoms with Crippen LogP contribution in [-0.2, 0) is 21.8 Å². The summed E-state index contributed by atoms with van der Waals surface area (Å²) in [7, 11) is 1.46. The summed E-state index contributed by atoms with van der Waals surface area (Å²) in [5, 5.41) is 17.4. The Hall–Kier alpha value is -4.88. The van der Waals surface area contributed by atoms with Crippen molar-refractivity contribution in [1.29, 1.82) is 0 Å². The van der Waals surface area contributed by atoms with Gasteiger partial charge in [-0.1, -0.05) is 91.7 Å². The molecule has 2 aliphatic heterocycles. The summed E-state index contributed by atoms with van der Waals surface area (Å²) in [5.74, 6) is -0.659. The van der Waals surface area contributed by atoms with Crippen molar-refractivity contribution in [3.05, 3.63) is 82.3 Å². The quantitative estimate of drug-likeness (QED) is 0.200. The molecular weight excluding hydrogens is 730 g/mol. The van der Waals surface area contributed by atoms with Gasteiger partial charge in [-0.15, -0.1) is 0 Å². The maximum absolute atomic E-state index is 12.8. The fourth-order valence-corrected chi connectivity index (χ4v) is 7.58. The van der Waals surface area contributed by atoms with E-state index in [1.165, 1.54) is 24.8 Å². The molecule has 0 saturated carbocycles. The third-order valence-electron chi connectivity index (χ3n) is 9.32. The van der Waals surface area contributed by atoms with Crippen molar-refractivity contribution in [3.63, 3.8) is 0 Å². The predicted molar refractivity (Wildman–Crippen MR) is 194 cm³/mol. The summed E-state index contributed by atoms with van der Waals surface area (Å²) < 4.78 is 103. The highest BCUT2D eigenvalue weighted by Crippen LogP contribution is 2.52. The summed E-state index contributed by atoms with van der Waals surface area (Å²) in [6, 6.07) is 11.6. The Morgan fingerprint density at radius 2 is 1.02 bits per heavy atom. The highest BCUT2D eigenvalue weighted by atomic mass is 19.4. The summed E-state index contributed by atoms with van der Waals surface area (Å²) in [6.07, 6.45) is -9.22. The van der Waals surface area contributed by atoms with Gasteiger partial charge in [0.05, 0.1) is 20.3 Å². The van der Waals surface area contributed by atoms with Gasteiger partial charge in [0.2, 0.25) is 11.5 Å². The Balaban J connectivity index is 0.000000211. The van der Waals surface area contributed by atoms with Gasteiger partial charge in [-0.25, -0.2) is 0 Å². The highest BCUT2D eigenvalue weighted by molar-refractivity contribution is 5.76. The Morgan fingerprint density at radius 3 is 1.38 bits per heavy atom. The molecule has 2 aromatic heterocycles. The maximum atomic E-state index is 12.8. The number of aromatic nitrogens is 2.